The van der Waals surface area contributed by atoms with Crippen LogP contribution in [0.15, 0.2) is 27.9 Å². The lowest BCUT2D eigenvalue weighted by atomic mass is 10.1. The van der Waals surface area contributed by atoms with Crippen molar-refractivity contribution in [3.63, 3.8) is 0 Å². The number of aryl methyl sites for hydroxylation is 1. The first-order valence-electron chi connectivity index (χ1n) is 6.00. The molecule has 6 heteroatoms. The Balaban J connectivity index is 2.53. The van der Waals surface area contributed by atoms with Crippen LogP contribution in [-0.4, -0.2) is 19.6 Å². The maximum Gasteiger partial charge on any atom is 0.331 e. The van der Waals surface area contributed by atoms with E-state index in [1.807, 2.05) is 19.1 Å². The SMILES string of the molecule is CCc1cccnc1Cn1c(O)c(C)c(=O)[nH]c1=O. The van der Waals surface area contributed by atoms with Gasteiger partial charge < -0.3 is 5.11 Å². The van der Waals surface area contributed by atoms with E-state index in [4.69, 9.17) is 0 Å². The molecule has 2 heterocycles. The first-order valence-corrected chi connectivity index (χ1v) is 6.00. The molecule has 0 fully saturated rings. The van der Waals surface area contributed by atoms with Crippen molar-refractivity contribution in [2.75, 3.05) is 0 Å². The molecular formula is C13H15N3O3. The summed E-state index contributed by atoms with van der Waals surface area (Å²) in [5.74, 6) is -0.318. The molecule has 19 heavy (non-hydrogen) atoms. The van der Waals surface area contributed by atoms with Crippen LogP contribution in [0.1, 0.15) is 23.7 Å². The van der Waals surface area contributed by atoms with E-state index < -0.39 is 11.2 Å². The van der Waals surface area contributed by atoms with Crippen LogP contribution in [0.5, 0.6) is 5.88 Å². The van der Waals surface area contributed by atoms with Gasteiger partial charge in [0.05, 0.1) is 17.8 Å². The molecule has 6 nitrogen and oxygen atoms in total. The molecule has 2 N–H and O–H groups in total. The third kappa shape index (κ3) is 2.42. The standard InChI is InChI=1S/C13H15N3O3/c1-3-9-5-4-6-14-10(9)7-16-12(18)8(2)11(17)15-13(16)19/h4-6,18H,3,7H2,1-2H3,(H,15,17,19). The Bertz CT molecular complexity index is 716. The summed E-state index contributed by atoms with van der Waals surface area (Å²) in [4.78, 5) is 29.5. The molecule has 0 bridgehead atoms. The molecule has 0 aliphatic rings. The van der Waals surface area contributed by atoms with Crippen LogP contribution in [0.3, 0.4) is 0 Å². The summed E-state index contributed by atoms with van der Waals surface area (Å²) in [6, 6.07) is 3.74. The zero-order chi connectivity index (χ0) is 14.0. The van der Waals surface area contributed by atoms with Crippen molar-refractivity contribution in [3.8, 4) is 5.88 Å². The van der Waals surface area contributed by atoms with Crippen molar-refractivity contribution in [3.05, 3.63) is 56.0 Å². The fourth-order valence-electron chi connectivity index (χ4n) is 1.89. The first kappa shape index (κ1) is 13.1. The van der Waals surface area contributed by atoms with Crippen molar-refractivity contribution in [2.24, 2.45) is 0 Å². The smallest absolute Gasteiger partial charge is 0.331 e. The van der Waals surface area contributed by atoms with Gasteiger partial charge in [-0.15, -0.1) is 0 Å². The van der Waals surface area contributed by atoms with Gasteiger partial charge in [-0.25, -0.2) is 4.79 Å². The van der Waals surface area contributed by atoms with Gasteiger partial charge in [0.1, 0.15) is 0 Å². The van der Waals surface area contributed by atoms with E-state index in [1.165, 1.54) is 6.92 Å². The van der Waals surface area contributed by atoms with Gasteiger partial charge in [0.2, 0.25) is 5.88 Å². The number of H-pyrrole nitrogens is 1. The summed E-state index contributed by atoms with van der Waals surface area (Å²) in [5, 5.41) is 9.90. The second-order valence-electron chi connectivity index (χ2n) is 4.26. The van der Waals surface area contributed by atoms with Crippen LogP contribution in [0.4, 0.5) is 0 Å². The van der Waals surface area contributed by atoms with E-state index in [-0.39, 0.29) is 18.0 Å². The van der Waals surface area contributed by atoms with E-state index in [9.17, 15) is 14.7 Å². The minimum Gasteiger partial charge on any atom is -0.494 e. The molecule has 0 aliphatic heterocycles. The molecule has 0 atom stereocenters. The maximum absolute atomic E-state index is 11.7. The van der Waals surface area contributed by atoms with Gasteiger partial charge in [-0.3, -0.25) is 19.3 Å². The van der Waals surface area contributed by atoms with Crippen molar-refractivity contribution in [1.29, 1.82) is 0 Å². The number of hydrogen-bond acceptors (Lipinski definition) is 4. The Morgan fingerprint density at radius 3 is 2.84 bits per heavy atom. The molecule has 2 aromatic heterocycles. The third-order valence-corrected chi connectivity index (χ3v) is 3.07. The Kier molecular flexibility index (Phi) is 3.50. The number of rotatable bonds is 3. The lowest BCUT2D eigenvalue weighted by molar-refractivity contribution is 0.403. The van der Waals surface area contributed by atoms with Crippen LogP contribution in [-0.2, 0) is 13.0 Å². The van der Waals surface area contributed by atoms with Gasteiger partial charge >= 0.3 is 5.69 Å². The molecule has 0 aliphatic carbocycles. The van der Waals surface area contributed by atoms with E-state index in [0.29, 0.717) is 5.69 Å². The Morgan fingerprint density at radius 2 is 2.16 bits per heavy atom. The Labute approximate surface area is 109 Å². The van der Waals surface area contributed by atoms with Crippen LogP contribution in [0, 0.1) is 6.92 Å². The molecule has 0 radical (unpaired) electrons. The number of aromatic amines is 1. The monoisotopic (exact) mass is 261 g/mol. The fourth-order valence-corrected chi connectivity index (χ4v) is 1.89. The molecule has 100 valence electrons. The predicted molar refractivity (Wildman–Crippen MR) is 70.4 cm³/mol. The summed E-state index contributed by atoms with van der Waals surface area (Å²) in [7, 11) is 0. The van der Waals surface area contributed by atoms with E-state index in [0.717, 1.165) is 16.6 Å². The van der Waals surface area contributed by atoms with E-state index in [2.05, 4.69) is 9.97 Å². The highest BCUT2D eigenvalue weighted by atomic mass is 16.3. The maximum atomic E-state index is 11.7. The summed E-state index contributed by atoms with van der Waals surface area (Å²) in [5.41, 5.74) is 0.608. The number of nitrogens with one attached hydrogen (secondary N) is 1. The first-order chi connectivity index (χ1) is 9.04. The molecule has 0 saturated carbocycles. The second kappa shape index (κ2) is 5.09. The zero-order valence-corrected chi connectivity index (χ0v) is 10.8. The molecule has 0 amide bonds. The van der Waals surface area contributed by atoms with Gasteiger partial charge in [0.15, 0.2) is 0 Å². The van der Waals surface area contributed by atoms with Gasteiger partial charge in [0.25, 0.3) is 5.56 Å². The highest BCUT2D eigenvalue weighted by Gasteiger charge is 2.12. The van der Waals surface area contributed by atoms with Crippen molar-refractivity contribution >= 4 is 0 Å². The Hall–Kier alpha value is -2.37. The molecule has 0 saturated heterocycles. The molecular weight excluding hydrogens is 246 g/mol. The quantitative estimate of drug-likeness (QED) is 0.844. The summed E-state index contributed by atoms with van der Waals surface area (Å²) >= 11 is 0. The van der Waals surface area contributed by atoms with Crippen molar-refractivity contribution in [1.82, 2.24) is 14.5 Å². The van der Waals surface area contributed by atoms with Crippen LogP contribution in [0.2, 0.25) is 0 Å². The van der Waals surface area contributed by atoms with Crippen LogP contribution >= 0.6 is 0 Å². The number of aromatic hydroxyl groups is 1. The van der Waals surface area contributed by atoms with E-state index in [1.54, 1.807) is 6.20 Å². The average molecular weight is 261 g/mol. The predicted octanol–water partition coefficient (Wildman–Crippen LogP) is 0.556. The number of pyridine rings is 1. The fraction of sp³-hybridized carbons (Fsp3) is 0.308. The molecule has 2 aromatic rings. The van der Waals surface area contributed by atoms with Gasteiger partial charge in [0, 0.05) is 6.20 Å². The highest BCUT2D eigenvalue weighted by molar-refractivity contribution is 5.24. The van der Waals surface area contributed by atoms with Gasteiger partial charge in [-0.05, 0) is 25.0 Å². The number of hydrogen-bond donors (Lipinski definition) is 2. The normalized spacial score (nSPS) is 10.6. The highest BCUT2D eigenvalue weighted by Crippen LogP contribution is 2.12. The Morgan fingerprint density at radius 1 is 1.42 bits per heavy atom. The van der Waals surface area contributed by atoms with E-state index >= 15 is 0 Å². The van der Waals surface area contributed by atoms with Crippen LogP contribution < -0.4 is 11.2 Å². The summed E-state index contributed by atoms with van der Waals surface area (Å²) in [6.45, 7) is 3.58. The van der Waals surface area contributed by atoms with Gasteiger partial charge in [-0.1, -0.05) is 13.0 Å². The van der Waals surface area contributed by atoms with Crippen molar-refractivity contribution < 1.29 is 5.11 Å². The molecule has 0 spiro atoms. The minimum atomic E-state index is -0.638. The van der Waals surface area contributed by atoms with Crippen molar-refractivity contribution in [2.45, 2.75) is 26.8 Å². The second-order valence-corrected chi connectivity index (χ2v) is 4.26. The average Bonchev–Trinajstić information content (AvgIpc) is 2.41. The number of aromatic nitrogens is 3. The topological polar surface area (TPSA) is 88.0 Å². The summed E-state index contributed by atoms with van der Waals surface area (Å²) < 4.78 is 1.11. The third-order valence-electron chi connectivity index (χ3n) is 3.07. The lowest BCUT2D eigenvalue weighted by Gasteiger charge is -2.11. The zero-order valence-electron chi connectivity index (χ0n) is 10.8. The molecule has 2 rings (SSSR count). The van der Waals surface area contributed by atoms with Crippen LogP contribution in [0.25, 0.3) is 0 Å². The lowest BCUT2D eigenvalue weighted by Crippen LogP contribution is -2.32. The molecule has 0 aromatic carbocycles. The van der Waals surface area contributed by atoms with Gasteiger partial charge in [-0.2, -0.15) is 0 Å². The molecule has 0 unspecified atom stereocenters. The summed E-state index contributed by atoms with van der Waals surface area (Å²) in [6.07, 6.45) is 2.41. The largest absolute Gasteiger partial charge is 0.494 e. The minimum absolute atomic E-state index is 0.119. The number of nitrogens with zero attached hydrogens (tertiary/aromatic N) is 2.